The Morgan fingerprint density at radius 2 is 1.54 bits per heavy atom. The SMILES string of the molecule is CCCC(NC(=O)C1CC(NC(=O)Nc2ccc(C(C)=O)cc2)CN1C(=O)C(NC(=O)OCC(C)C)C1CCCCC1)C(=O)C(=O)NCC(=O)NC(C(N)=O)c1ccccc1. The van der Waals surface area contributed by atoms with Gasteiger partial charge < -0.3 is 47.3 Å². The number of carbonyl (C=O) groups is 9. The van der Waals surface area contributed by atoms with Crippen molar-refractivity contribution in [2.45, 2.75) is 109 Å². The van der Waals surface area contributed by atoms with Crippen LogP contribution in [0.15, 0.2) is 54.6 Å². The number of anilines is 1. The van der Waals surface area contributed by atoms with E-state index in [0.29, 0.717) is 36.1 Å². The second-order valence-electron chi connectivity index (χ2n) is 15.9. The number of ketones is 2. The van der Waals surface area contributed by atoms with Crippen LogP contribution in [0.1, 0.15) is 101 Å². The first-order valence-electron chi connectivity index (χ1n) is 20.8. The third-order valence-electron chi connectivity index (χ3n) is 10.5. The molecule has 330 valence electrons. The Labute approximate surface area is 355 Å². The van der Waals surface area contributed by atoms with Gasteiger partial charge in [0.1, 0.15) is 18.1 Å². The van der Waals surface area contributed by atoms with Gasteiger partial charge in [0, 0.05) is 17.8 Å². The van der Waals surface area contributed by atoms with E-state index in [4.69, 9.17) is 10.5 Å². The molecule has 5 unspecified atom stereocenters. The van der Waals surface area contributed by atoms with Gasteiger partial charge in [-0.2, -0.15) is 0 Å². The lowest BCUT2D eigenvalue weighted by molar-refractivity contribution is -0.143. The molecule has 1 aliphatic heterocycles. The molecule has 1 saturated heterocycles. The van der Waals surface area contributed by atoms with Crippen LogP contribution in [0.2, 0.25) is 0 Å². The molecule has 2 fully saturated rings. The summed E-state index contributed by atoms with van der Waals surface area (Å²) in [4.78, 5) is 119. The monoisotopic (exact) mass is 846 g/mol. The van der Waals surface area contributed by atoms with Gasteiger partial charge in [-0.1, -0.05) is 76.8 Å². The second kappa shape index (κ2) is 22.9. The van der Waals surface area contributed by atoms with Gasteiger partial charge >= 0.3 is 12.1 Å². The number of carbonyl (C=O) groups excluding carboxylic acids is 9. The molecule has 18 nitrogen and oxygen atoms in total. The summed E-state index contributed by atoms with van der Waals surface area (Å²) in [5, 5.41) is 15.5. The fraction of sp³-hybridized carbons (Fsp3) is 0.512. The lowest BCUT2D eigenvalue weighted by atomic mass is 9.83. The van der Waals surface area contributed by atoms with Gasteiger partial charge in [-0.05, 0) is 74.3 Å². The molecule has 8 amide bonds. The highest BCUT2D eigenvalue weighted by Crippen LogP contribution is 2.30. The highest BCUT2D eigenvalue weighted by atomic mass is 16.5. The van der Waals surface area contributed by atoms with Gasteiger partial charge in [-0.15, -0.1) is 0 Å². The molecule has 0 radical (unpaired) electrons. The molecule has 1 saturated carbocycles. The van der Waals surface area contributed by atoms with Crippen LogP contribution in [0.25, 0.3) is 0 Å². The number of alkyl carbamates (subject to hydrolysis) is 1. The molecule has 61 heavy (non-hydrogen) atoms. The maximum absolute atomic E-state index is 14.6. The summed E-state index contributed by atoms with van der Waals surface area (Å²) in [5.74, 6) is -5.55. The number of amides is 8. The summed E-state index contributed by atoms with van der Waals surface area (Å²) in [7, 11) is 0. The zero-order valence-electron chi connectivity index (χ0n) is 35.1. The number of Topliss-reactive ketones (excluding diaryl/α,β-unsaturated/α-hetero) is 2. The Kier molecular flexibility index (Phi) is 17.8. The van der Waals surface area contributed by atoms with Crippen molar-refractivity contribution in [2.75, 3.05) is 25.0 Å². The van der Waals surface area contributed by atoms with E-state index in [1.54, 1.807) is 61.5 Å². The number of likely N-dealkylation sites (tertiary alicyclic amines) is 1. The topological polar surface area (TPSA) is 264 Å². The van der Waals surface area contributed by atoms with Crippen molar-refractivity contribution in [3.63, 3.8) is 0 Å². The molecule has 2 aliphatic rings. The maximum atomic E-state index is 14.6. The van der Waals surface area contributed by atoms with E-state index in [1.165, 1.54) is 11.8 Å². The predicted octanol–water partition coefficient (Wildman–Crippen LogP) is 2.62. The number of nitrogens with one attached hydrogen (secondary N) is 6. The number of urea groups is 1. The number of benzene rings is 2. The molecule has 2 aromatic rings. The largest absolute Gasteiger partial charge is 0.449 e. The number of hydrogen-bond donors (Lipinski definition) is 7. The van der Waals surface area contributed by atoms with Crippen LogP contribution in [0.5, 0.6) is 0 Å². The second-order valence-corrected chi connectivity index (χ2v) is 15.9. The molecule has 4 rings (SSSR count). The van der Waals surface area contributed by atoms with Gasteiger partial charge in [-0.25, -0.2) is 9.59 Å². The summed E-state index contributed by atoms with van der Waals surface area (Å²) >= 11 is 0. The third kappa shape index (κ3) is 14.1. The Balaban J connectivity index is 1.51. The van der Waals surface area contributed by atoms with E-state index >= 15 is 0 Å². The van der Waals surface area contributed by atoms with Gasteiger partial charge in [0.15, 0.2) is 5.78 Å². The lowest BCUT2D eigenvalue weighted by Gasteiger charge is -2.34. The summed E-state index contributed by atoms with van der Waals surface area (Å²) in [6.45, 7) is 6.23. The molecule has 18 heteroatoms. The predicted molar refractivity (Wildman–Crippen MR) is 224 cm³/mol. The molecule has 0 bridgehead atoms. The Hall–Kier alpha value is -6.33. The third-order valence-corrected chi connectivity index (χ3v) is 10.5. The molecule has 0 aromatic heterocycles. The first-order chi connectivity index (χ1) is 29.1. The molecule has 1 aliphatic carbocycles. The van der Waals surface area contributed by atoms with Gasteiger partial charge in [0.05, 0.1) is 25.2 Å². The Morgan fingerprint density at radius 1 is 0.869 bits per heavy atom. The molecule has 1 heterocycles. The Morgan fingerprint density at radius 3 is 2.15 bits per heavy atom. The van der Waals surface area contributed by atoms with Gasteiger partial charge in [-0.3, -0.25) is 33.6 Å². The van der Waals surface area contributed by atoms with E-state index in [-0.39, 0.29) is 43.6 Å². The van der Waals surface area contributed by atoms with Crippen LogP contribution >= 0.6 is 0 Å². The van der Waals surface area contributed by atoms with Crippen molar-refractivity contribution in [1.29, 1.82) is 0 Å². The quantitative estimate of drug-likeness (QED) is 0.0803. The van der Waals surface area contributed by atoms with E-state index in [0.717, 1.165) is 19.3 Å². The summed E-state index contributed by atoms with van der Waals surface area (Å²) in [6.07, 6.45) is 3.47. The van der Waals surface area contributed by atoms with Crippen LogP contribution in [-0.4, -0.2) is 102 Å². The standard InChI is InChI=1S/C43H58N8O10/c1-5-12-32(37(54)40(57)45-22-34(53)49-35(38(44)55)28-13-8-6-9-14-28)48-39(56)33-21-31(47-42(59)46-30-19-17-27(18-20-30)26(4)52)23-51(33)41(58)36(29-15-10-7-11-16-29)50-43(60)61-24-25(2)3/h6,8-9,13-14,17-20,25,29,31-33,35-36H,5,7,10-12,15-16,21-24H2,1-4H3,(H2,44,55)(H,45,57)(H,48,56)(H,49,53)(H,50,60)(H2,46,47,59). The summed E-state index contributed by atoms with van der Waals surface area (Å²) < 4.78 is 5.37. The van der Waals surface area contributed by atoms with Crippen molar-refractivity contribution in [3.05, 3.63) is 65.7 Å². The van der Waals surface area contributed by atoms with Crippen molar-refractivity contribution in [3.8, 4) is 0 Å². The maximum Gasteiger partial charge on any atom is 0.407 e. The van der Waals surface area contributed by atoms with Crippen molar-refractivity contribution < 1.29 is 47.9 Å². The van der Waals surface area contributed by atoms with E-state index in [2.05, 4.69) is 31.9 Å². The summed E-state index contributed by atoms with van der Waals surface area (Å²) in [6, 6.07) is 8.22. The minimum absolute atomic E-state index is 0.0308. The smallest absolute Gasteiger partial charge is 0.407 e. The van der Waals surface area contributed by atoms with Gasteiger partial charge in [0.25, 0.3) is 5.91 Å². The lowest BCUT2D eigenvalue weighted by Crippen LogP contribution is -2.58. The normalized spacial score (nSPS) is 17.8. The highest BCUT2D eigenvalue weighted by molar-refractivity contribution is 6.38. The van der Waals surface area contributed by atoms with E-state index < -0.39 is 84.2 Å². The average molecular weight is 847 g/mol. The van der Waals surface area contributed by atoms with Crippen LogP contribution in [0, 0.1) is 11.8 Å². The molecular formula is C43H58N8O10. The zero-order valence-corrected chi connectivity index (χ0v) is 35.1. The number of nitrogens with zero attached hydrogens (tertiary/aromatic N) is 1. The molecule has 5 atom stereocenters. The highest BCUT2D eigenvalue weighted by Gasteiger charge is 2.45. The first kappa shape index (κ1) is 47.3. The first-order valence-corrected chi connectivity index (χ1v) is 20.8. The van der Waals surface area contributed by atoms with Crippen LogP contribution in [0.3, 0.4) is 0 Å². The molecular weight excluding hydrogens is 789 g/mol. The number of rotatable bonds is 19. The van der Waals surface area contributed by atoms with Crippen LogP contribution < -0.4 is 37.6 Å². The fourth-order valence-corrected chi connectivity index (χ4v) is 7.42. The molecule has 0 spiro atoms. The van der Waals surface area contributed by atoms with Crippen LogP contribution in [-0.2, 0) is 33.5 Å². The summed E-state index contributed by atoms with van der Waals surface area (Å²) in [5.41, 5.74) is 6.75. The minimum Gasteiger partial charge on any atom is -0.449 e. The molecule has 8 N–H and O–H groups in total. The van der Waals surface area contributed by atoms with E-state index in [1.807, 2.05) is 13.8 Å². The number of primary amides is 1. The van der Waals surface area contributed by atoms with Crippen molar-refractivity contribution >= 4 is 58.9 Å². The number of ether oxygens (including phenoxy) is 1. The molecule has 2 aromatic carbocycles. The van der Waals surface area contributed by atoms with Gasteiger partial charge in [0.2, 0.25) is 29.4 Å². The average Bonchev–Trinajstić information content (AvgIpc) is 3.66. The van der Waals surface area contributed by atoms with Crippen LogP contribution in [0.4, 0.5) is 15.3 Å². The van der Waals surface area contributed by atoms with E-state index in [9.17, 15) is 43.2 Å². The van der Waals surface area contributed by atoms with Crippen molar-refractivity contribution in [2.24, 2.45) is 17.6 Å². The minimum atomic E-state index is -1.35. The fourth-order valence-electron chi connectivity index (χ4n) is 7.42. The Bertz CT molecular complexity index is 1900. The zero-order chi connectivity index (χ0) is 44.6. The number of nitrogens with two attached hydrogens (primary N) is 1. The number of hydrogen-bond acceptors (Lipinski definition) is 10. The van der Waals surface area contributed by atoms with Crippen molar-refractivity contribution in [1.82, 2.24) is 31.5 Å².